The molecular formula is C9H5BrF3NO. The number of aromatic nitrogens is 1. The van der Waals surface area contributed by atoms with Crippen molar-refractivity contribution >= 4 is 26.9 Å². The van der Waals surface area contributed by atoms with Gasteiger partial charge in [0.1, 0.15) is 0 Å². The van der Waals surface area contributed by atoms with Gasteiger partial charge in [0.05, 0.1) is 9.86 Å². The topological polar surface area (TPSA) is 26.0 Å². The fourth-order valence-electron chi connectivity index (χ4n) is 1.34. The van der Waals surface area contributed by atoms with Crippen LogP contribution in [0, 0.1) is 6.92 Å². The van der Waals surface area contributed by atoms with E-state index in [1.807, 2.05) is 0 Å². The van der Waals surface area contributed by atoms with Crippen molar-refractivity contribution in [3.63, 3.8) is 0 Å². The summed E-state index contributed by atoms with van der Waals surface area (Å²) < 4.78 is 42.5. The lowest BCUT2D eigenvalue weighted by Gasteiger charge is -2.01. The van der Waals surface area contributed by atoms with Crippen LogP contribution in [0.2, 0.25) is 0 Å². The first kappa shape index (κ1) is 10.5. The lowest BCUT2D eigenvalue weighted by molar-refractivity contribution is -0.141. The number of rotatable bonds is 0. The first-order valence-electron chi connectivity index (χ1n) is 4.02. The Morgan fingerprint density at radius 3 is 2.60 bits per heavy atom. The molecule has 1 aromatic heterocycles. The molecule has 1 heterocycles. The summed E-state index contributed by atoms with van der Waals surface area (Å²) in [6, 6.07) is 3.08. The molecule has 0 atom stereocenters. The monoisotopic (exact) mass is 279 g/mol. The van der Waals surface area contributed by atoms with Crippen molar-refractivity contribution in [3.05, 3.63) is 27.9 Å². The van der Waals surface area contributed by atoms with E-state index in [0.717, 1.165) is 0 Å². The van der Waals surface area contributed by atoms with Crippen LogP contribution in [0.25, 0.3) is 11.0 Å². The van der Waals surface area contributed by atoms with Gasteiger partial charge in [-0.2, -0.15) is 13.2 Å². The van der Waals surface area contributed by atoms with Gasteiger partial charge < -0.3 is 4.52 Å². The molecule has 0 aliphatic heterocycles. The van der Waals surface area contributed by atoms with Crippen LogP contribution in [0.5, 0.6) is 0 Å². The third-order valence-electron chi connectivity index (χ3n) is 1.94. The number of halogens is 4. The molecule has 6 heteroatoms. The molecule has 0 radical (unpaired) electrons. The van der Waals surface area contributed by atoms with E-state index in [9.17, 15) is 13.2 Å². The van der Waals surface area contributed by atoms with Crippen molar-refractivity contribution < 1.29 is 17.7 Å². The lowest BCUT2D eigenvalue weighted by atomic mass is 10.1. The molecule has 1 aromatic carbocycles. The number of fused-ring (bicyclic) bond motifs is 1. The van der Waals surface area contributed by atoms with Crippen LogP contribution in [0.15, 0.2) is 21.1 Å². The Bertz CT molecular complexity index is 518. The quantitative estimate of drug-likeness (QED) is 0.731. The van der Waals surface area contributed by atoms with Gasteiger partial charge in [-0.15, -0.1) is 0 Å². The highest BCUT2D eigenvalue weighted by atomic mass is 79.9. The maximum absolute atomic E-state index is 12.5. The second-order valence-corrected chi connectivity index (χ2v) is 4.01. The zero-order valence-electron chi connectivity index (χ0n) is 7.52. The van der Waals surface area contributed by atoms with Crippen molar-refractivity contribution in [2.45, 2.75) is 13.1 Å². The second-order valence-electron chi connectivity index (χ2n) is 3.15. The second kappa shape index (κ2) is 3.23. The molecule has 2 aromatic rings. The fraction of sp³-hybridized carbons (Fsp3) is 0.222. The Morgan fingerprint density at radius 2 is 2.00 bits per heavy atom. The Kier molecular flexibility index (Phi) is 2.26. The van der Waals surface area contributed by atoms with E-state index in [-0.39, 0.29) is 11.0 Å². The molecule has 0 N–H and O–H groups in total. The number of hydrogen-bond donors (Lipinski definition) is 0. The molecule has 0 bridgehead atoms. The van der Waals surface area contributed by atoms with Crippen LogP contribution in [0.3, 0.4) is 0 Å². The third-order valence-corrected chi connectivity index (χ3v) is 2.53. The van der Waals surface area contributed by atoms with Gasteiger partial charge in [-0.05, 0) is 40.5 Å². The first-order valence-corrected chi connectivity index (χ1v) is 4.81. The minimum absolute atomic E-state index is 0.0191. The molecule has 0 saturated heterocycles. The van der Waals surface area contributed by atoms with Gasteiger partial charge in [0.2, 0.25) is 0 Å². The van der Waals surface area contributed by atoms with Gasteiger partial charge in [-0.3, -0.25) is 0 Å². The normalized spacial score (nSPS) is 12.3. The summed E-state index contributed by atoms with van der Waals surface area (Å²) in [5, 5.41) is 3.02. The molecule has 15 heavy (non-hydrogen) atoms. The molecule has 0 aliphatic rings. The highest BCUT2D eigenvalue weighted by Gasteiger charge is 2.37. The smallest absolute Gasteiger partial charge is 0.354 e. The molecule has 0 saturated carbocycles. The predicted octanol–water partition coefficient (Wildman–Crippen LogP) is 3.92. The Labute approximate surface area is 91.2 Å². The average molecular weight is 280 g/mol. The van der Waals surface area contributed by atoms with E-state index in [2.05, 4.69) is 25.6 Å². The number of benzene rings is 1. The summed E-state index contributed by atoms with van der Waals surface area (Å²) in [6.07, 6.45) is -4.49. The molecule has 80 valence electrons. The van der Waals surface area contributed by atoms with E-state index in [1.54, 1.807) is 13.0 Å². The summed E-state index contributed by atoms with van der Waals surface area (Å²) in [5.74, 6) is 0. The Balaban J connectivity index is 2.80. The molecule has 2 rings (SSSR count). The van der Waals surface area contributed by atoms with Gasteiger partial charge in [-0.25, -0.2) is 0 Å². The number of alkyl halides is 3. The number of nitrogens with zero attached hydrogens (tertiary/aromatic N) is 1. The summed E-state index contributed by atoms with van der Waals surface area (Å²) in [4.78, 5) is 0. The molecule has 0 spiro atoms. The first-order chi connectivity index (χ1) is 6.89. The van der Waals surface area contributed by atoms with Crippen LogP contribution >= 0.6 is 15.9 Å². The van der Waals surface area contributed by atoms with Gasteiger partial charge in [-0.1, -0.05) is 5.16 Å². The molecular weight excluding hydrogens is 275 g/mol. The van der Waals surface area contributed by atoms with Crippen LogP contribution in [-0.2, 0) is 6.18 Å². The lowest BCUT2D eigenvalue weighted by Crippen LogP contribution is -2.05. The highest BCUT2D eigenvalue weighted by molar-refractivity contribution is 9.10. The minimum atomic E-state index is -4.49. The summed E-state index contributed by atoms with van der Waals surface area (Å²) >= 11 is 3.13. The van der Waals surface area contributed by atoms with Gasteiger partial charge in [0.15, 0.2) is 11.3 Å². The molecule has 2 nitrogen and oxygen atoms in total. The summed E-state index contributed by atoms with van der Waals surface area (Å²) in [6.45, 7) is 1.71. The standard InChI is InChI=1S/C9H5BrF3NO/c1-4-2-5-7(6(10)3-4)15-14-8(5)9(11,12)13/h2-3H,1H3. The average Bonchev–Trinajstić information content (AvgIpc) is 2.45. The van der Waals surface area contributed by atoms with Crippen molar-refractivity contribution in [2.24, 2.45) is 0 Å². The highest BCUT2D eigenvalue weighted by Crippen LogP contribution is 2.36. The van der Waals surface area contributed by atoms with Crippen molar-refractivity contribution in [3.8, 4) is 0 Å². The zero-order chi connectivity index (χ0) is 11.2. The number of hydrogen-bond acceptors (Lipinski definition) is 2. The van der Waals surface area contributed by atoms with Gasteiger partial charge >= 0.3 is 6.18 Å². The Morgan fingerprint density at radius 1 is 1.33 bits per heavy atom. The molecule has 0 fully saturated rings. The fourth-order valence-corrected chi connectivity index (χ4v) is 1.99. The zero-order valence-corrected chi connectivity index (χ0v) is 9.11. The van der Waals surface area contributed by atoms with Crippen LogP contribution < -0.4 is 0 Å². The SMILES string of the molecule is Cc1cc(Br)c2onc(C(F)(F)F)c2c1. The van der Waals surface area contributed by atoms with E-state index >= 15 is 0 Å². The summed E-state index contributed by atoms with van der Waals surface area (Å²) in [5.41, 5.74) is -0.155. The maximum atomic E-state index is 12.5. The van der Waals surface area contributed by atoms with E-state index < -0.39 is 11.9 Å². The minimum Gasteiger partial charge on any atom is -0.354 e. The predicted molar refractivity (Wildman–Crippen MR) is 51.4 cm³/mol. The molecule has 0 aliphatic carbocycles. The largest absolute Gasteiger partial charge is 0.437 e. The summed E-state index contributed by atoms with van der Waals surface area (Å²) in [7, 11) is 0. The van der Waals surface area contributed by atoms with Gasteiger partial charge in [0, 0.05) is 0 Å². The molecule has 0 unspecified atom stereocenters. The van der Waals surface area contributed by atoms with E-state index in [4.69, 9.17) is 0 Å². The van der Waals surface area contributed by atoms with Crippen LogP contribution in [0.1, 0.15) is 11.3 Å². The third kappa shape index (κ3) is 1.73. The van der Waals surface area contributed by atoms with E-state index in [0.29, 0.717) is 10.0 Å². The molecule has 0 amide bonds. The van der Waals surface area contributed by atoms with Crippen molar-refractivity contribution in [1.82, 2.24) is 5.16 Å². The number of aryl methyl sites for hydroxylation is 1. The Hall–Kier alpha value is -1.04. The van der Waals surface area contributed by atoms with Gasteiger partial charge in [0.25, 0.3) is 0 Å². The van der Waals surface area contributed by atoms with Crippen molar-refractivity contribution in [2.75, 3.05) is 0 Å². The van der Waals surface area contributed by atoms with E-state index in [1.165, 1.54) is 6.07 Å². The van der Waals surface area contributed by atoms with Crippen LogP contribution in [0.4, 0.5) is 13.2 Å². The van der Waals surface area contributed by atoms with Crippen molar-refractivity contribution in [1.29, 1.82) is 0 Å². The van der Waals surface area contributed by atoms with Crippen LogP contribution in [-0.4, -0.2) is 5.16 Å². The maximum Gasteiger partial charge on any atom is 0.437 e.